The zero-order chi connectivity index (χ0) is 13.8. The number of ether oxygens (including phenoxy) is 1. The van der Waals surface area contributed by atoms with Crippen LogP contribution in [-0.4, -0.2) is 24.1 Å². The molecule has 0 saturated heterocycles. The van der Waals surface area contributed by atoms with E-state index < -0.39 is 0 Å². The fraction of sp³-hybridized carbons (Fsp3) is 0.375. The molecule has 1 fully saturated rings. The molecule has 1 aromatic heterocycles. The maximum Gasteiger partial charge on any atom is 0.142 e. The molecular weight excluding hydrogens is 268 g/mol. The monoisotopic (exact) mass is 288 g/mol. The molecule has 2 aromatic rings. The summed E-state index contributed by atoms with van der Waals surface area (Å²) in [7, 11) is 0. The third-order valence-electron chi connectivity index (χ3n) is 3.58. The summed E-state index contributed by atoms with van der Waals surface area (Å²) in [5, 5.41) is 4.37. The van der Waals surface area contributed by atoms with Crippen LogP contribution in [0.25, 0.3) is 0 Å². The van der Waals surface area contributed by atoms with Crippen molar-refractivity contribution in [1.82, 2.24) is 4.90 Å². The number of nitrogen functional groups attached to an aromatic ring is 1. The van der Waals surface area contributed by atoms with E-state index in [9.17, 15) is 0 Å². The Morgan fingerprint density at radius 3 is 2.80 bits per heavy atom. The molecule has 1 heterocycles. The first-order chi connectivity index (χ1) is 9.83. The van der Waals surface area contributed by atoms with E-state index in [2.05, 4.69) is 21.7 Å². The van der Waals surface area contributed by atoms with E-state index in [-0.39, 0.29) is 0 Å². The molecule has 2 N–H and O–H groups in total. The fourth-order valence-corrected chi connectivity index (χ4v) is 2.99. The smallest absolute Gasteiger partial charge is 0.142 e. The van der Waals surface area contributed by atoms with Crippen molar-refractivity contribution in [3.05, 3.63) is 46.7 Å². The first-order valence-electron chi connectivity index (χ1n) is 7.05. The fourth-order valence-electron chi connectivity index (χ4n) is 2.33. The molecule has 1 aliphatic carbocycles. The van der Waals surface area contributed by atoms with Gasteiger partial charge in [0.15, 0.2) is 0 Å². The normalized spacial score (nSPS) is 14.7. The number of thiophene rings is 1. The Morgan fingerprint density at radius 1 is 1.25 bits per heavy atom. The minimum atomic E-state index is 0.689. The standard InChI is InChI=1S/C16H20N2OS/c17-15-3-1-2-4-16(15)19-9-8-18(14-5-6-14)11-13-7-10-20-12-13/h1-4,7,10,12,14H,5-6,8-9,11,17H2. The number of anilines is 1. The summed E-state index contributed by atoms with van der Waals surface area (Å²) < 4.78 is 5.80. The molecule has 0 unspecified atom stereocenters. The van der Waals surface area contributed by atoms with E-state index in [1.807, 2.05) is 24.3 Å². The maximum absolute atomic E-state index is 5.88. The van der Waals surface area contributed by atoms with Crippen molar-refractivity contribution in [3.8, 4) is 5.75 Å². The van der Waals surface area contributed by atoms with Crippen LogP contribution in [0.3, 0.4) is 0 Å². The lowest BCUT2D eigenvalue weighted by Gasteiger charge is -2.21. The molecule has 1 aliphatic rings. The lowest BCUT2D eigenvalue weighted by molar-refractivity contribution is 0.196. The van der Waals surface area contributed by atoms with Crippen LogP contribution in [-0.2, 0) is 6.54 Å². The topological polar surface area (TPSA) is 38.5 Å². The number of para-hydroxylation sites is 2. The Balaban J connectivity index is 1.51. The highest BCUT2D eigenvalue weighted by Gasteiger charge is 2.28. The van der Waals surface area contributed by atoms with E-state index >= 15 is 0 Å². The highest BCUT2D eigenvalue weighted by atomic mass is 32.1. The first-order valence-corrected chi connectivity index (χ1v) is 7.99. The second kappa shape index (κ2) is 6.29. The third-order valence-corrected chi connectivity index (χ3v) is 4.32. The predicted molar refractivity (Wildman–Crippen MR) is 84.1 cm³/mol. The number of benzene rings is 1. The second-order valence-corrected chi connectivity index (χ2v) is 6.00. The number of nitrogens with zero attached hydrogens (tertiary/aromatic N) is 1. The quantitative estimate of drug-likeness (QED) is 0.794. The van der Waals surface area contributed by atoms with Crippen LogP contribution in [0, 0.1) is 0 Å². The Morgan fingerprint density at radius 2 is 2.10 bits per heavy atom. The van der Waals surface area contributed by atoms with Crippen LogP contribution in [0.2, 0.25) is 0 Å². The van der Waals surface area contributed by atoms with Crippen molar-refractivity contribution in [2.45, 2.75) is 25.4 Å². The predicted octanol–water partition coefficient (Wildman–Crippen LogP) is 3.37. The Kier molecular flexibility index (Phi) is 4.23. The van der Waals surface area contributed by atoms with E-state index in [1.165, 1.54) is 18.4 Å². The zero-order valence-electron chi connectivity index (χ0n) is 11.5. The van der Waals surface area contributed by atoms with Crippen LogP contribution in [0.1, 0.15) is 18.4 Å². The molecule has 3 nitrogen and oxygen atoms in total. The van der Waals surface area contributed by atoms with Crippen molar-refractivity contribution >= 4 is 17.0 Å². The Bertz CT molecular complexity index is 537. The van der Waals surface area contributed by atoms with Gasteiger partial charge in [-0.3, -0.25) is 4.90 Å². The van der Waals surface area contributed by atoms with Crippen LogP contribution in [0.4, 0.5) is 5.69 Å². The maximum atomic E-state index is 5.88. The van der Waals surface area contributed by atoms with Crippen molar-refractivity contribution < 1.29 is 4.74 Å². The van der Waals surface area contributed by atoms with Gasteiger partial charge in [-0.1, -0.05) is 12.1 Å². The molecule has 0 atom stereocenters. The van der Waals surface area contributed by atoms with Crippen molar-refractivity contribution in [3.63, 3.8) is 0 Å². The lowest BCUT2D eigenvalue weighted by Crippen LogP contribution is -2.30. The van der Waals surface area contributed by atoms with Gasteiger partial charge >= 0.3 is 0 Å². The number of hydrogen-bond acceptors (Lipinski definition) is 4. The van der Waals surface area contributed by atoms with E-state index in [0.29, 0.717) is 12.3 Å². The molecule has 0 radical (unpaired) electrons. The Labute approximate surface area is 124 Å². The van der Waals surface area contributed by atoms with Gasteiger partial charge in [0.25, 0.3) is 0 Å². The van der Waals surface area contributed by atoms with E-state index in [0.717, 1.165) is 24.9 Å². The number of nitrogens with two attached hydrogens (primary N) is 1. The third kappa shape index (κ3) is 3.52. The van der Waals surface area contributed by atoms with Gasteiger partial charge in [-0.15, -0.1) is 0 Å². The number of hydrogen-bond donors (Lipinski definition) is 1. The van der Waals surface area contributed by atoms with Crippen molar-refractivity contribution in [2.75, 3.05) is 18.9 Å². The minimum absolute atomic E-state index is 0.689. The summed E-state index contributed by atoms with van der Waals surface area (Å²) in [6, 6.07) is 10.6. The van der Waals surface area contributed by atoms with Gasteiger partial charge in [0.1, 0.15) is 12.4 Å². The van der Waals surface area contributed by atoms with Gasteiger partial charge in [0.05, 0.1) is 5.69 Å². The molecule has 0 spiro atoms. The average Bonchev–Trinajstić information content (AvgIpc) is 3.18. The second-order valence-electron chi connectivity index (χ2n) is 5.22. The lowest BCUT2D eigenvalue weighted by atomic mass is 10.3. The molecule has 0 amide bonds. The number of rotatable bonds is 7. The van der Waals surface area contributed by atoms with Gasteiger partial charge in [0.2, 0.25) is 0 Å². The minimum Gasteiger partial charge on any atom is -0.490 e. The van der Waals surface area contributed by atoms with E-state index in [1.54, 1.807) is 11.3 Å². The van der Waals surface area contributed by atoms with Crippen molar-refractivity contribution in [2.24, 2.45) is 0 Å². The summed E-state index contributed by atoms with van der Waals surface area (Å²) in [6.07, 6.45) is 2.63. The van der Waals surface area contributed by atoms with Crippen LogP contribution in [0.5, 0.6) is 5.75 Å². The van der Waals surface area contributed by atoms with Crippen molar-refractivity contribution in [1.29, 1.82) is 0 Å². The molecule has 1 saturated carbocycles. The molecule has 0 aliphatic heterocycles. The largest absolute Gasteiger partial charge is 0.490 e. The van der Waals surface area contributed by atoms with Gasteiger partial charge in [-0.05, 0) is 47.4 Å². The summed E-state index contributed by atoms with van der Waals surface area (Å²) in [5.41, 5.74) is 8.00. The molecule has 3 rings (SSSR count). The molecule has 0 bridgehead atoms. The molecular formula is C16H20N2OS. The van der Waals surface area contributed by atoms with Crippen LogP contribution >= 0.6 is 11.3 Å². The molecule has 20 heavy (non-hydrogen) atoms. The van der Waals surface area contributed by atoms with Gasteiger partial charge < -0.3 is 10.5 Å². The first kappa shape index (κ1) is 13.5. The van der Waals surface area contributed by atoms with Gasteiger partial charge in [0, 0.05) is 19.1 Å². The van der Waals surface area contributed by atoms with Gasteiger partial charge in [-0.2, -0.15) is 11.3 Å². The highest BCUT2D eigenvalue weighted by molar-refractivity contribution is 7.07. The van der Waals surface area contributed by atoms with Gasteiger partial charge in [-0.25, -0.2) is 0 Å². The summed E-state index contributed by atoms with van der Waals surface area (Å²) in [4.78, 5) is 2.52. The Hall–Kier alpha value is -1.52. The van der Waals surface area contributed by atoms with Crippen LogP contribution < -0.4 is 10.5 Å². The van der Waals surface area contributed by atoms with E-state index in [4.69, 9.17) is 10.5 Å². The SMILES string of the molecule is Nc1ccccc1OCCN(Cc1ccsc1)C1CC1. The molecule has 106 valence electrons. The summed E-state index contributed by atoms with van der Waals surface area (Å²) >= 11 is 1.76. The average molecular weight is 288 g/mol. The van der Waals surface area contributed by atoms with Crippen LogP contribution in [0.15, 0.2) is 41.1 Å². The molecule has 4 heteroatoms. The summed E-state index contributed by atoms with van der Waals surface area (Å²) in [5.74, 6) is 0.791. The molecule has 1 aromatic carbocycles. The zero-order valence-corrected chi connectivity index (χ0v) is 12.3. The summed E-state index contributed by atoms with van der Waals surface area (Å²) in [6.45, 7) is 2.67. The highest BCUT2D eigenvalue weighted by Crippen LogP contribution is 2.28.